The SMILES string of the molecule is COC(=O)C1=C(C)N(c2ccccc2OC)C(=S)N[C@H]1c1ccc(SC)cc1. The van der Waals surface area contributed by atoms with Crippen LogP contribution in [0.25, 0.3) is 0 Å². The number of allylic oxidation sites excluding steroid dienone is 1. The molecule has 0 fully saturated rings. The minimum Gasteiger partial charge on any atom is -0.495 e. The van der Waals surface area contributed by atoms with E-state index in [-0.39, 0.29) is 6.04 Å². The van der Waals surface area contributed by atoms with Crippen molar-refractivity contribution >= 4 is 40.7 Å². The van der Waals surface area contributed by atoms with Gasteiger partial charge < -0.3 is 14.8 Å². The minimum absolute atomic E-state index is 0.387. The molecule has 1 N–H and O–H groups in total. The van der Waals surface area contributed by atoms with Crippen LogP contribution in [0.5, 0.6) is 5.75 Å². The molecule has 1 heterocycles. The number of benzene rings is 2. The third kappa shape index (κ3) is 3.72. The Bertz CT molecular complexity index is 926. The molecular weight excluding hydrogens is 392 g/mol. The molecule has 1 atom stereocenters. The van der Waals surface area contributed by atoms with Crippen molar-refractivity contribution in [2.45, 2.75) is 17.9 Å². The number of thiocarbonyl (C=S) groups is 1. The second-order valence-electron chi connectivity index (χ2n) is 6.15. The lowest BCUT2D eigenvalue weighted by Gasteiger charge is -2.37. The molecule has 5 nitrogen and oxygen atoms in total. The zero-order valence-corrected chi connectivity index (χ0v) is 17.8. The number of hydrogen-bond acceptors (Lipinski definition) is 5. The van der Waals surface area contributed by atoms with Gasteiger partial charge in [-0.25, -0.2) is 4.79 Å². The lowest BCUT2D eigenvalue weighted by atomic mass is 9.95. The fraction of sp³-hybridized carbons (Fsp3) is 0.238. The molecule has 0 unspecified atom stereocenters. The number of anilines is 1. The Morgan fingerprint density at radius 1 is 1.14 bits per heavy atom. The molecule has 2 aromatic carbocycles. The van der Waals surface area contributed by atoms with E-state index in [1.807, 2.05) is 66.6 Å². The van der Waals surface area contributed by atoms with E-state index in [4.69, 9.17) is 21.7 Å². The van der Waals surface area contributed by atoms with Crippen LogP contribution in [0.2, 0.25) is 0 Å². The largest absolute Gasteiger partial charge is 0.495 e. The monoisotopic (exact) mass is 414 g/mol. The van der Waals surface area contributed by atoms with E-state index < -0.39 is 5.97 Å². The summed E-state index contributed by atoms with van der Waals surface area (Å²) < 4.78 is 10.6. The molecule has 146 valence electrons. The maximum absolute atomic E-state index is 12.7. The smallest absolute Gasteiger partial charge is 0.337 e. The van der Waals surface area contributed by atoms with Gasteiger partial charge in [0, 0.05) is 10.6 Å². The van der Waals surface area contributed by atoms with Gasteiger partial charge in [-0.1, -0.05) is 24.3 Å². The van der Waals surface area contributed by atoms with Crippen molar-refractivity contribution in [2.75, 3.05) is 25.4 Å². The molecule has 28 heavy (non-hydrogen) atoms. The van der Waals surface area contributed by atoms with Crippen LogP contribution < -0.4 is 15.0 Å². The van der Waals surface area contributed by atoms with Crippen molar-refractivity contribution in [3.8, 4) is 5.75 Å². The van der Waals surface area contributed by atoms with Gasteiger partial charge in [0.25, 0.3) is 0 Å². The molecule has 0 amide bonds. The molecule has 2 aromatic rings. The quantitative estimate of drug-likeness (QED) is 0.445. The lowest BCUT2D eigenvalue weighted by Crippen LogP contribution is -2.48. The van der Waals surface area contributed by atoms with Gasteiger partial charge in [-0.2, -0.15) is 0 Å². The Kier molecular flexibility index (Phi) is 6.26. The average Bonchev–Trinajstić information content (AvgIpc) is 2.73. The van der Waals surface area contributed by atoms with Gasteiger partial charge in [0.05, 0.1) is 31.5 Å². The average molecular weight is 415 g/mol. The van der Waals surface area contributed by atoms with Crippen molar-refractivity contribution in [3.05, 3.63) is 65.4 Å². The normalized spacial score (nSPS) is 16.6. The molecule has 0 saturated carbocycles. The summed E-state index contributed by atoms with van der Waals surface area (Å²) >= 11 is 7.33. The second kappa shape index (κ2) is 8.67. The van der Waals surface area contributed by atoms with Gasteiger partial charge in [-0.15, -0.1) is 11.8 Å². The molecule has 0 bridgehead atoms. The van der Waals surface area contributed by atoms with Crippen molar-refractivity contribution in [1.82, 2.24) is 5.32 Å². The number of rotatable bonds is 5. The van der Waals surface area contributed by atoms with Crippen LogP contribution in [-0.2, 0) is 9.53 Å². The summed E-state index contributed by atoms with van der Waals surface area (Å²) in [7, 11) is 2.99. The van der Waals surface area contributed by atoms with E-state index in [0.29, 0.717) is 22.1 Å². The molecule has 7 heteroatoms. The lowest BCUT2D eigenvalue weighted by molar-refractivity contribution is -0.136. The predicted molar refractivity (Wildman–Crippen MR) is 117 cm³/mol. The van der Waals surface area contributed by atoms with Crippen molar-refractivity contribution < 1.29 is 14.3 Å². The van der Waals surface area contributed by atoms with Crippen molar-refractivity contribution in [1.29, 1.82) is 0 Å². The minimum atomic E-state index is -0.397. The molecule has 0 saturated heterocycles. The van der Waals surface area contributed by atoms with Crippen LogP contribution in [0, 0.1) is 0 Å². The van der Waals surface area contributed by atoms with Crippen LogP contribution in [0.1, 0.15) is 18.5 Å². The molecule has 0 radical (unpaired) electrons. The summed E-state index contributed by atoms with van der Waals surface area (Å²) in [5, 5.41) is 3.80. The first-order valence-electron chi connectivity index (χ1n) is 8.68. The maximum atomic E-state index is 12.7. The topological polar surface area (TPSA) is 50.8 Å². The summed E-state index contributed by atoms with van der Waals surface area (Å²) in [6, 6.07) is 15.2. The highest BCUT2D eigenvalue weighted by Crippen LogP contribution is 2.38. The van der Waals surface area contributed by atoms with Gasteiger partial charge in [-0.3, -0.25) is 4.90 Å². The first kappa shape index (κ1) is 20.2. The van der Waals surface area contributed by atoms with E-state index in [2.05, 4.69) is 5.32 Å². The van der Waals surface area contributed by atoms with Gasteiger partial charge >= 0.3 is 5.97 Å². The number of esters is 1. The van der Waals surface area contributed by atoms with Crippen LogP contribution >= 0.6 is 24.0 Å². The van der Waals surface area contributed by atoms with Crippen LogP contribution in [0.4, 0.5) is 5.69 Å². The Morgan fingerprint density at radius 2 is 1.82 bits per heavy atom. The molecule has 3 rings (SSSR count). The van der Waals surface area contributed by atoms with Crippen LogP contribution in [0.3, 0.4) is 0 Å². The second-order valence-corrected chi connectivity index (χ2v) is 7.42. The van der Waals surface area contributed by atoms with E-state index in [1.165, 1.54) is 7.11 Å². The Hall–Kier alpha value is -2.51. The number of thioether (sulfide) groups is 1. The predicted octanol–water partition coefficient (Wildman–Crippen LogP) is 4.30. The van der Waals surface area contributed by atoms with E-state index >= 15 is 0 Å². The summed E-state index contributed by atoms with van der Waals surface area (Å²) in [5.74, 6) is 0.268. The van der Waals surface area contributed by atoms with Gasteiger partial charge in [0.15, 0.2) is 5.11 Å². The van der Waals surface area contributed by atoms with Crippen LogP contribution in [-0.4, -0.2) is 31.6 Å². The van der Waals surface area contributed by atoms with Crippen molar-refractivity contribution in [2.24, 2.45) is 0 Å². The van der Waals surface area contributed by atoms with Crippen molar-refractivity contribution in [3.63, 3.8) is 0 Å². The van der Waals surface area contributed by atoms with Gasteiger partial charge in [-0.05, 0) is 55.2 Å². The van der Waals surface area contributed by atoms with Crippen LogP contribution in [0.15, 0.2) is 64.7 Å². The van der Waals surface area contributed by atoms with E-state index in [1.54, 1.807) is 18.9 Å². The summed E-state index contributed by atoms with van der Waals surface area (Å²) in [4.78, 5) is 15.7. The summed E-state index contributed by atoms with van der Waals surface area (Å²) in [6.07, 6.45) is 2.03. The highest BCUT2D eigenvalue weighted by molar-refractivity contribution is 7.98. The highest BCUT2D eigenvalue weighted by atomic mass is 32.2. The molecule has 1 aliphatic heterocycles. The number of para-hydroxylation sites is 2. The fourth-order valence-corrected chi connectivity index (χ4v) is 4.03. The zero-order chi connectivity index (χ0) is 20.3. The number of ether oxygens (including phenoxy) is 2. The zero-order valence-electron chi connectivity index (χ0n) is 16.2. The van der Waals surface area contributed by atoms with Gasteiger partial charge in [0.2, 0.25) is 0 Å². The molecule has 0 aromatic heterocycles. The molecular formula is C21H22N2O3S2. The van der Waals surface area contributed by atoms with E-state index in [0.717, 1.165) is 16.1 Å². The number of nitrogens with zero attached hydrogens (tertiary/aromatic N) is 1. The maximum Gasteiger partial charge on any atom is 0.337 e. The fourth-order valence-electron chi connectivity index (χ4n) is 3.27. The third-order valence-corrected chi connectivity index (χ3v) is 5.71. The third-order valence-electron chi connectivity index (χ3n) is 4.67. The molecule has 0 aliphatic carbocycles. The Labute approximate surface area is 174 Å². The number of carbonyl (C=O) groups is 1. The first-order chi connectivity index (χ1) is 13.5. The highest BCUT2D eigenvalue weighted by Gasteiger charge is 2.36. The molecule has 0 spiro atoms. The number of carbonyl (C=O) groups excluding carboxylic acids is 1. The number of hydrogen-bond donors (Lipinski definition) is 1. The van der Waals surface area contributed by atoms with E-state index in [9.17, 15) is 4.79 Å². The number of nitrogens with one attached hydrogen (secondary N) is 1. The Balaban J connectivity index is 2.13. The first-order valence-corrected chi connectivity index (χ1v) is 10.3. The standard InChI is InChI=1S/C21H22N2O3S2/c1-13-18(20(24)26-3)19(14-9-11-15(28-4)12-10-14)22-21(27)23(13)16-7-5-6-8-17(16)25-2/h5-12,19H,1-4H3,(H,22,27)/t19-/m0/s1. The summed E-state index contributed by atoms with van der Waals surface area (Å²) in [6.45, 7) is 1.87. The Morgan fingerprint density at radius 3 is 2.43 bits per heavy atom. The summed E-state index contributed by atoms with van der Waals surface area (Å²) in [5.41, 5.74) is 2.93. The van der Waals surface area contributed by atoms with Gasteiger partial charge in [0.1, 0.15) is 5.75 Å². The molecule has 1 aliphatic rings. The number of methoxy groups -OCH3 is 2.